The topological polar surface area (TPSA) is 20.2 Å². The first-order valence-corrected chi connectivity index (χ1v) is 5.09. The van der Waals surface area contributed by atoms with Gasteiger partial charge in [0, 0.05) is 5.92 Å². The zero-order valence-corrected chi connectivity index (χ0v) is 8.88. The lowest BCUT2D eigenvalue weighted by Gasteiger charge is -2.32. The van der Waals surface area contributed by atoms with Crippen LogP contribution < -0.4 is 0 Å². The Balaban J connectivity index is 2.89. The van der Waals surface area contributed by atoms with Gasteiger partial charge < -0.3 is 5.11 Å². The average molecular weight is 180 g/mol. The van der Waals surface area contributed by atoms with Crippen molar-refractivity contribution >= 4 is 0 Å². The summed E-state index contributed by atoms with van der Waals surface area (Å²) in [6.07, 6.45) is 4.12. The Kier molecular flexibility index (Phi) is 3.18. The van der Waals surface area contributed by atoms with Crippen LogP contribution in [-0.4, -0.2) is 5.11 Å². The molecule has 74 valence electrons. The first kappa shape index (κ1) is 10.4. The maximum absolute atomic E-state index is 9.87. The van der Waals surface area contributed by atoms with E-state index in [9.17, 15) is 5.11 Å². The van der Waals surface area contributed by atoms with Crippen LogP contribution in [0.1, 0.15) is 33.6 Å². The largest absolute Gasteiger partial charge is 0.512 e. The minimum absolute atomic E-state index is 0.189. The predicted molar refractivity (Wildman–Crippen MR) is 56.6 cm³/mol. The minimum Gasteiger partial charge on any atom is -0.512 e. The van der Waals surface area contributed by atoms with Gasteiger partial charge in [0.2, 0.25) is 0 Å². The van der Waals surface area contributed by atoms with Gasteiger partial charge in [0.1, 0.15) is 0 Å². The van der Waals surface area contributed by atoms with Gasteiger partial charge in [-0.05, 0) is 37.2 Å². The molecule has 0 aliphatic heterocycles. The number of aliphatic hydroxyl groups excluding tert-OH is 1. The molecule has 0 spiro atoms. The van der Waals surface area contributed by atoms with E-state index in [2.05, 4.69) is 20.4 Å². The molecule has 0 radical (unpaired) electrons. The predicted octanol–water partition coefficient (Wildman–Crippen LogP) is 3.69. The monoisotopic (exact) mass is 180 g/mol. The SMILES string of the molecule is C=CC1C(O)=C(C)CC[C@@H]1C(C)C. The van der Waals surface area contributed by atoms with E-state index in [-0.39, 0.29) is 5.92 Å². The lowest BCUT2D eigenvalue weighted by Crippen LogP contribution is -2.24. The normalized spacial score (nSPS) is 29.5. The zero-order chi connectivity index (χ0) is 10.0. The highest BCUT2D eigenvalue weighted by Crippen LogP contribution is 2.37. The quantitative estimate of drug-likeness (QED) is 0.643. The number of allylic oxidation sites excluding steroid dienone is 2. The van der Waals surface area contributed by atoms with Crippen LogP contribution in [0.25, 0.3) is 0 Å². The Morgan fingerprint density at radius 3 is 2.62 bits per heavy atom. The van der Waals surface area contributed by atoms with Gasteiger partial charge in [-0.1, -0.05) is 19.9 Å². The third-order valence-electron chi connectivity index (χ3n) is 3.18. The summed E-state index contributed by atoms with van der Waals surface area (Å²) in [5, 5.41) is 9.87. The van der Waals surface area contributed by atoms with Crippen LogP contribution in [0.15, 0.2) is 24.0 Å². The molecule has 0 aromatic heterocycles. The summed E-state index contributed by atoms with van der Waals surface area (Å²) in [5.41, 5.74) is 1.14. The molecule has 0 fully saturated rings. The highest BCUT2D eigenvalue weighted by Gasteiger charge is 2.29. The van der Waals surface area contributed by atoms with Crippen LogP contribution in [0.2, 0.25) is 0 Å². The van der Waals surface area contributed by atoms with Gasteiger partial charge in [-0.25, -0.2) is 0 Å². The summed E-state index contributed by atoms with van der Waals surface area (Å²) in [7, 11) is 0. The molecule has 0 bridgehead atoms. The van der Waals surface area contributed by atoms with Crippen LogP contribution >= 0.6 is 0 Å². The molecule has 0 saturated carbocycles. The Bertz CT molecular complexity index is 225. The van der Waals surface area contributed by atoms with Crippen molar-refractivity contribution in [2.75, 3.05) is 0 Å². The van der Waals surface area contributed by atoms with E-state index in [1.165, 1.54) is 6.42 Å². The van der Waals surface area contributed by atoms with Crippen molar-refractivity contribution < 1.29 is 5.11 Å². The summed E-state index contributed by atoms with van der Waals surface area (Å²) in [5.74, 6) is 1.95. The third kappa shape index (κ3) is 1.96. The summed E-state index contributed by atoms with van der Waals surface area (Å²) in [6.45, 7) is 10.3. The van der Waals surface area contributed by atoms with E-state index in [1.54, 1.807) is 0 Å². The molecule has 0 aromatic carbocycles. The molecule has 1 N–H and O–H groups in total. The van der Waals surface area contributed by atoms with E-state index in [4.69, 9.17) is 0 Å². The van der Waals surface area contributed by atoms with Gasteiger partial charge >= 0.3 is 0 Å². The van der Waals surface area contributed by atoms with Gasteiger partial charge in [-0.2, -0.15) is 0 Å². The standard InChI is InChI=1S/C12H20O/c1-5-10-11(8(2)3)7-6-9(4)12(10)13/h5,8,10-11,13H,1,6-7H2,2-4H3/t10?,11-/m1/s1. The molecule has 1 unspecified atom stereocenters. The summed E-state index contributed by atoms with van der Waals surface area (Å²) in [6, 6.07) is 0. The molecule has 1 nitrogen and oxygen atoms in total. The summed E-state index contributed by atoms with van der Waals surface area (Å²) < 4.78 is 0. The molecule has 0 aromatic rings. The number of hydrogen-bond acceptors (Lipinski definition) is 1. The molecule has 1 rings (SSSR count). The van der Waals surface area contributed by atoms with Gasteiger partial charge in [0.15, 0.2) is 0 Å². The highest BCUT2D eigenvalue weighted by atomic mass is 16.3. The van der Waals surface area contributed by atoms with E-state index in [0.717, 1.165) is 12.0 Å². The van der Waals surface area contributed by atoms with Crippen molar-refractivity contribution in [2.24, 2.45) is 17.8 Å². The second kappa shape index (κ2) is 3.99. The Hall–Kier alpha value is -0.720. The van der Waals surface area contributed by atoms with Crippen molar-refractivity contribution in [1.82, 2.24) is 0 Å². The molecular weight excluding hydrogens is 160 g/mol. The molecule has 0 amide bonds. The first-order chi connectivity index (χ1) is 6.07. The molecule has 0 saturated heterocycles. The van der Waals surface area contributed by atoms with Gasteiger partial charge in [0.05, 0.1) is 5.76 Å². The second-order valence-electron chi connectivity index (χ2n) is 4.37. The molecule has 1 aliphatic rings. The number of rotatable bonds is 2. The van der Waals surface area contributed by atoms with Crippen LogP contribution in [0.4, 0.5) is 0 Å². The van der Waals surface area contributed by atoms with Gasteiger partial charge in [0.25, 0.3) is 0 Å². The summed E-state index contributed by atoms with van der Waals surface area (Å²) >= 11 is 0. The maximum Gasteiger partial charge on any atom is 0.0983 e. The molecule has 0 heterocycles. The molecule has 1 aliphatic carbocycles. The van der Waals surface area contributed by atoms with Crippen LogP contribution in [0, 0.1) is 17.8 Å². The van der Waals surface area contributed by atoms with Crippen molar-refractivity contribution in [3.05, 3.63) is 24.0 Å². The van der Waals surface area contributed by atoms with Crippen LogP contribution in [-0.2, 0) is 0 Å². The number of aliphatic hydroxyl groups is 1. The molecule has 1 heteroatoms. The Morgan fingerprint density at radius 1 is 1.54 bits per heavy atom. The molecule has 13 heavy (non-hydrogen) atoms. The maximum atomic E-state index is 9.87. The third-order valence-corrected chi connectivity index (χ3v) is 3.18. The van der Waals surface area contributed by atoms with Crippen molar-refractivity contribution in [3.63, 3.8) is 0 Å². The van der Waals surface area contributed by atoms with Crippen LogP contribution in [0.3, 0.4) is 0 Å². The molecule has 2 atom stereocenters. The Labute approximate surface area is 81.2 Å². The van der Waals surface area contributed by atoms with Gasteiger partial charge in [-0.3, -0.25) is 0 Å². The minimum atomic E-state index is 0.189. The Morgan fingerprint density at radius 2 is 2.15 bits per heavy atom. The second-order valence-corrected chi connectivity index (χ2v) is 4.37. The molecular formula is C12H20O. The fourth-order valence-corrected chi connectivity index (χ4v) is 2.21. The van der Waals surface area contributed by atoms with E-state index in [0.29, 0.717) is 17.6 Å². The van der Waals surface area contributed by atoms with E-state index in [1.807, 2.05) is 13.0 Å². The smallest absolute Gasteiger partial charge is 0.0983 e. The van der Waals surface area contributed by atoms with Gasteiger partial charge in [-0.15, -0.1) is 6.58 Å². The van der Waals surface area contributed by atoms with E-state index >= 15 is 0 Å². The fraction of sp³-hybridized carbons (Fsp3) is 0.667. The first-order valence-electron chi connectivity index (χ1n) is 5.09. The van der Waals surface area contributed by atoms with Crippen molar-refractivity contribution in [2.45, 2.75) is 33.6 Å². The lowest BCUT2D eigenvalue weighted by molar-refractivity contribution is 0.214. The zero-order valence-electron chi connectivity index (χ0n) is 8.88. The average Bonchev–Trinajstić information content (AvgIpc) is 2.09. The van der Waals surface area contributed by atoms with E-state index < -0.39 is 0 Å². The highest BCUT2D eigenvalue weighted by molar-refractivity contribution is 5.17. The summed E-state index contributed by atoms with van der Waals surface area (Å²) in [4.78, 5) is 0. The van der Waals surface area contributed by atoms with Crippen molar-refractivity contribution in [3.8, 4) is 0 Å². The van der Waals surface area contributed by atoms with Crippen molar-refractivity contribution in [1.29, 1.82) is 0 Å². The fourth-order valence-electron chi connectivity index (χ4n) is 2.21. The number of hydrogen-bond donors (Lipinski definition) is 1. The van der Waals surface area contributed by atoms with Crippen LogP contribution in [0.5, 0.6) is 0 Å². The lowest BCUT2D eigenvalue weighted by atomic mass is 9.74.